The fourth-order valence-electron chi connectivity index (χ4n) is 2.97. The second kappa shape index (κ2) is 8.36. The van der Waals surface area contributed by atoms with Gasteiger partial charge in [0.1, 0.15) is 5.82 Å². The lowest BCUT2D eigenvalue weighted by Gasteiger charge is -2.14. The summed E-state index contributed by atoms with van der Waals surface area (Å²) in [6.07, 6.45) is 1.61. The molecule has 0 radical (unpaired) electrons. The summed E-state index contributed by atoms with van der Waals surface area (Å²) in [5, 5.41) is 2.93. The van der Waals surface area contributed by atoms with Gasteiger partial charge in [0.15, 0.2) is 0 Å². The van der Waals surface area contributed by atoms with Crippen molar-refractivity contribution in [2.24, 2.45) is 0 Å². The van der Waals surface area contributed by atoms with Crippen LogP contribution in [0, 0.1) is 5.82 Å². The standard InChI is InChI=1S/C20H21FN2O2S/c1-14(24)23-11-9-15-13-16(3-8-19(15)23)20(25)22-10-2-12-26-18-6-4-17(21)5-7-18/h3-8,13H,2,9-12H2,1H3,(H,22,25). The monoisotopic (exact) mass is 372 g/mol. The van der Waals surface area contributed by atoms with Gasteiger partial charge in [0, 0.05) is 36.2 Å². The van der Waals surface area contributed by atoms with Gasteiger partial charge in [-0.3, -0.25) is 9.59 Å². The Morgan fingerprint density at radius 3 is 2.69 bits per heavy atom. The lowest BCUT2D eigenvalue weighted by atomic mass is 10.1. The highest BCUT2D eigenvalue weighted by Crippen LogP contribution is 2.28. The zero-order valence-corrected chi connectivity index (χ0v) is 15.4. The second-order valence-electron chi connectivity index (χ2n) is 6.18. The van der Waals surface area contributed by atoms with Crippen molar-refractivity contribution in [3.8, 4) is 0 Å². The van der Waals surface area contributed by atoms with Crippen molar-refractivity contribution in [2.45, 2.75) is 24.7 Å². The lowest BCUT2D eigenvalue weighted by Crippen LogP contribution is -2.26. The van der Waals surface area contributed by atoms with Gasteiger partial charge < -0.3 is 10.2 Å². The molecule has 1 heterocycles. The average molecular weight is 372 g/mol. The van der Waals surface area contributed by atoms with E-state index in [1.54, 1.807) is 41.8 Å². The maximum Gasteiger partial charge on any atom is 0.251 e. The highest BCUT2D eigenvalue weighted by Gasteiger charge is 2.22. The Labute approximate surface area is 156 Å². The van der Waals surface area contributed by atoms with Crippen LogP contribution < -0.4 is 10.2 Å². The molecule has 6 heteroatoms. The number of hydrogen-bond acceptors (Lipinski definition) is 3. The van der Waals surface area contributed by atoms with Crippen molar-refractivity contribution < 1.29 is 14.0 Å². The summed E-state index contributed by atoms with van der Waals surface area (Å²) in [6.45, 7) is 2.82. The molecule has 0 aromatic heterocycles. The highest BCUT2D eigenvalue weighted by molar-refractivity contribution is 7.99. The fourth-order valence-corrected chi connectivity index (χ4v) is 3.82. The number of nitrogens with one attached hydrogen (secondary N) is 1. The summed E-state index contributed by atoms with van der Waals surface area (Å²) in [6, 6.07) is 11.9. The number of rotatable bonds is 6. The predicted octanol–water partition coefficient (Wildman–Crippen LogP) is 3.65. The zero-order valence-electron chi connectivity index (χ0n) is 14.6. The average Bonchev–Trinajstić information content (AvgIpc) is 3.06. The molecule has 3 rings (SSSR count). The molecule has 0 spiro atoms. The third kappa shape index (κ3) is 4.43. The van der Waals surface area contributed by atoms with Crippen molar-refractivity contribution in [3.63, 3.8) is 0 Å². The first kappa shape index (κ1) is 18.5. The van der Waals surface area contributed by atoms with Gasteiger partial charge in [-0.1, -0.05) is 0 Å². The molecule has 1 aliphatic heterocycles. The summed E-state index contributed by atoms with van der Waals surface area (Å²) >= 11 is 1.64. The Morgan fingerprint density at radius 1 is 1.19 bits per heavy atom. The van der Waals surface area contributed by atoms with Crippen LogP contribution in [0.4, 0.5) is 10.1 Å². The van der Waals surface area contributed by atoms with Gasteiger partial charge in [0.2, 0.25) is 5.91 Å². The number of thioether (sulfide) groups is 1. The molecular formula is C20H21FN2O2S. The van der Waals surface area contributed by atoms with E-state index in [0.717, 1.165) is 34.7 Å². The van der Waals surface area contributed by atoms with Crippen LogP contribution in [-0.2, 0) is 11.2 Å². The van der Waals surface area contributed by atoms with E-state index in [2.05, 4.69) is 5.32 Å². The Hall–Kier alpha value is -2.34. The topological polar surface area (TPSA) is 49.4 Å². The number of carbonyl (C=O) groups is 2. The minimum Gasteiger partial charge on any atom is -0.352 e. The number of nitrogens with zero attached hydrogens (tertiary/aromatic N) is 1. The summed E-state index contributed by atoms with van der Waals surface area (Å²) < 4.78 is 12.8. The number of hydrogen-bond donors (Lipinski definition) is 1. The molecule has 2 aromatic rings. The molecule has 0 bridgehead atoms. The van der Waals surface area contributed by atoms with E-state index in [1.165, 1.54) is 12.1 Å². The number of fused-ring (bicyclic) bond motifs is 1. The smallest absolute Gasteiger partial charge is 0.251 e. The highest BCUT2D eigenvalue weighted by atomic mass is 32.2. The zero-order chi connectivity index (χ0) is 18.5. The van der Waals surface area contributed by atoms with Crippen LogP contribution in [0.5, 0.6) is 0 Å². The maximum atomic E-state index is 12.8. The maximum absolute atomic E-state index is 12.8. The van der Waals surface area contributed by atoms with Crippen LogP contribution in [0.15, 0.2) is 47.4 Å². The van der Waals surface area contributed by atoms with E-state index in [-0.39, 0.29) is 17.6 Å². The molecule has 2 aromatic carbocycles. The summed E-state index contributed by atoms with van der Waals surface area (Å²) in [4.78, 5) is 26.6. The Kier molecular flexibility index (Phi) is 5.93. The van der Waals surface area contributed by atoms with Crippen LogP contribution in [0.3, 0.4) is 0 Å². The van der Waals surface area contributed by atoms with Crippen molar-refractivity contribution in [2.75, 3.05) is 23.7 Å². The van der Waals surface area contributed by atoms with E-state index in [9.17, 15) is 14.0 Å². The van der Waals surface area contributed by atoms with Crippen molar-refractivity contribution in [1.29, 1.82) is 0 Å². The summed E-state index contributed by atoms with van der Waals surface area (Å²) in [5.74, 6) is 0.548. The molecule has 2 amide bonds. The lowest BCUT2D eigenvalue weighted by molar-refractivity contribution is -0.116. The molecule has 0 atom stereocenters. The molecule has 0 aliphatic carbocycles. The van der Waals surface area contributed by atoms with Crippen LogP contribution in [0.2, 0.25) is 0 Å². The minimum absolute atomic E-state index is 0.0274. The minimum atomic E-state index is -0.234. The second-order valence-corrected chi connectivity index (χ2v) is 7.34. The van der Waals surface area contributed by atoms with Crippen LogP contribution in [0.1, 0.15) is 29.3 Å². The van der Waals surface area contributed by atoms with E-state index >= 15 is 0 Å². The Morgan fingerprint density at radius 2 is 1.96 bits per heavy atom. The van der Waals surface area contributed by atoms with Gasteiger partial charge in [0.25, 0.3) is 5.91 Å². The molecule has 1 aliphatic rings. The quantitative estimate of drug-likeness (QED) is 0.622. The fraction of sp³-hybridized carbons (Fsp3) is 0.300. The molecular weight excluding hydrogens is 351 g/mol. The van der Waals surface area contributed by atoms with Crippen molar-refractivity contribution in [1.82, 2.24) is 5.32 Å². The molecule has 1 N–H and O–H groups in total. The van der Waals surface area contributed by atoms with Crippen molar-refractivity contribution in [3.05, 3.63) is 59.4 Å². The first-order chi connectivity index (χ1) is 12.5. The SMILES string of the molecule is CC(=O)N1CCc2cc(C(=O)NCCCSc3ccc(F)cc3)ccc21. The Balaban J connectivity index is 1.45. The molecule has 0 fully saturated rings. The first-order valence-corrected chi connectivity index (χ1v) is 9.61. The largest absolute Gasteiger partial charge is 0.352 e. The van der Waals surface area contributed by atoms with Crippen LogP contribution >= 0.6 is 11.8 Å². The van der Waals surface area contributed by atoms with Gasteiger partial charge in [0.05, 0.1) is 0 Å². The van der Waals surface area contributed by atoms with E-state index in [0.29, 0.717) is 18.7 Å². The molecule has 136 valence electrons. The summed E-state index contributed by atoms with van der Waals surface area (Å²) in [5.41, 5.74) is 2.57. The van der Waals surface area contributed by atoms with Gasteiger partial charge in [-0.25, -0.2) is 4.39 Å². The van der Waals surface area contributed by atoms with Crippen LogP contribution in [-0.4, -0.2) is 30.7 Å². The van der Waals surface area contributed by atoms with E-state index in [1.807, 2.05) is 12.1 Å². The molecule has 4 nitrogen and oxygen atoms in total. The number of halogens is 1. The predicted molar refractivity (Wildman–Crippen MR) is 102 cm³/mol. The normalized spacial score (nSPS) is 12.8. The first-order valence-electron chi connectivity index (χ1n) is 8.62. The van der Waals surface area contributed by atoms with Crippen molar-refractivity contribution >= 4 is 29.3 Å². The number of carbonyl (C=O) groups excluding carboxylic acids is 2. The van der Waals surface area contributed by atoms with Gasteiger partial charge >= 0.3 is 0 Å². The van der Waals surface area contributed by atoms with Crippen LogP contribution in [0.25, 0.3) is 0 Å². The number of amides is 2. The molecule has 0 saturated heterocycles. The van der Waals surface area contributed by atoms with Gasteiger partial charge in [-0.15, -0.1) is 11.8 Å². The molecule has 0 saturated carbocycles. The Bertz CT molecular complexity index is 808. The molecule has 0 unspecified atom stereocenters. The summed E-state index contributed by atoms with van der Waals surface area (Å²) in [7, 11) is 0. The molecule has 26 heavy (non-hydrogen) atoms. The number of benzene rings is 2. The van der Waals surface area contributed by atoms with E-state index < -0.39 is 0 Å². The third-order valence-electron chi connectivity index (χ3n) is 4.31. The number of anilines is 1. The van der Waals surface area contributed by atoms with E-state index in [4.69, 9.17) is 0 Å². The van der Waals surface area contributed by atoms with Gasteiger partial charge in [-0.05, 0) is 66.6 Å². The van der Waals surface area contributed by atoms with Gasteiger partial charge in [-0.2, -0.15) is 0 Å². The third-order valence-corrected chi connectivity index (χ3v) is 5.40.